The third kappa shape index (κ3) is 5.31. The third-order valence-corrected chi connectivity index (χ3v) is 8.23. The number of Topliss-reactive ketones (excluding diaryl/α,β-unsaturated/α-hetero) is 1. The fourth-order valence-corrected chi connectivity index (χ4v) is 6.08. The molecule has 5 rings (SSSR count). The molecule has 1 amide bonds. The van der Waals surface area contributed by atoms with Gasteiger partial charge < -0.3 is 9.84 Å². The third-order valence-electron chi connectivity index (χ3n) is 5.85. The van der Waals surface area contributed by atoms with E-state index in [2.05, 4.69) is 10.2 Å². The Morgan fingerprint density at radius 1 is 1.05 bits per heavy atom. The van der Waals surface area contributed by atoms with E-state index in [9.17, 15) is 14.7 Å². The van der Waals surface area contributed by atoms with Crippen LogP contribution in [0.4, 0.5) is 5.13 Å². The molecule has 3 aromatic carbocycles. The molecule has 1 atom stereocenters. The lowest BCUT2D eigenvalue weighted by molar-refractivity contribution is -0.132. The quantitative estimate of drug-likeness (QED) is 0.0858. The number of amides is 1. The average Bonchev–Trinajstić information content (AvgIpc) is 3.50. The van der Waals surface area contributed by atoms with Crippen LogP contribution < -0.4 is 9.64 Å². The second-order valence-electron chi connectivity index (χ2n) is 8.31. The van der Waals surface area contributed by atoms with Gasteiger partial charge in [0.2, 0.25) is 5.13 Å². The summed E-state index contributed by atoms with van der Waals surface area (Å²) in [5, 5.41) is 20.5. The zero-order valence-corrected chi connectivity index (χ0v) is 22.6. The first kappa shape index (κ1) is 26.0. The van der Waals surface area contributed by atoms with Crippen molar-refractivity contribution in [2.75, 3.05) is 11.5 Å². The molecule has 1 N–H and O–H groups in total. The molecular weight excluding hydrogens is 542 g/mol. The smallest absolute Gasteiger partial charge is 0.301 e. The van der Waals surface area contributed by atoms with Gasteiger partial charge in [0.1, 0.15) is 11.5 Å². The Morgan fingerprint density at radius 3 is 2.55 bits per heavy atom. The molecule has 1 fully saturated rings. The van der Waals surface area contributed by atoms with Gasteiger partial charge in [0.05, 0.1) is 18.2 Å². The molecule has 0 bridgehead atoms. The molecule has 1 aromatic heterocycles. The number of hydrogen-bond acceptors (Lipinski definition) is 8. The van der Waals surface area contributed by atoms with Crippen LogP contribution in [0, 0.1) is 0 Å². The van der Waals surface area contributed by atoms with Crippen molar-refractivity contribution in [3.8, 4) is 5.75 Å². The van der Waals surface area contributed by atoms with Crippen LogP contribution >= 0.6 is 34.7 Å². The Balaban J connectivity index is 1.56. The van der Waals surface area contributed by atoms with Gasteiger partial charge in [-0.1, -0.05) is 77.2 Å². The molecule has 7 nitrogen and oxygen atoms in total. The van der Waals surface area contributed by atoms with E-state index in [0.29, 0.717) is 38.6 Å². The Hall–Kier alpha value is -3.66. The Bertz CT molecular complexity index is 1510. The van der Waals surface area contributed by atoms with Crippen LogP contribution in [0.15, 0.2) is 88.8 Å². The Kier molecular flexibility index (Phi) is 7.78. The van der Waals surface area contributed by atoms with Gasteiger partial charge in [-0.05, 0) is 54.4 Å². The molecule has 1 aliphatic rings. The summed E-state index contributed by atoms with van der Waals surface area (Å²) in [6.45, 7) is 2.32. The molecule has 1 aliphatic heterocycles. The molecule has 0 spiro atoms. The van der Waals surface area contributed by atoms with Crippen molar-refractivity contribution in [2.24, 2.45) is 0 Å². The zero-order chi connectivity index (χ0) is 26.6. The predicted octanol–water partition coefficient (Wildman–Crippen LogP) is 6.51. The number of anilines is 1. The Morgan fingerprint density at radius 2 is 1.82 bits per heavy atom. The van der Waals surface area contributed by atoms with Gasteiger partial charge in [0.25, 0.3) is 5.78 Å². The number of thioether (sulfide) groups is 1. The van der Waals surface area contributed by atoms with E-state index in [1.807, 2.05) is 37.3 Å². The van der Waals surface area contributed by atoms with Crippen LogP contribution in [0.1, 0.15) is 29.7 Å². The van der Waals surface area contributed by atoms with E-state index >= 15 is 0 Å². The molecule has 4 aromatic rings. The van der Waals surface area contributed by atoms with E-state index in [4.69, 9.17) is 16.3 Å². The summed E-state index contributed by atoms with van der Waals surface area (Å²) in [5.41, 5.74) is 2.05. The second-order valence-corrected chi connectivity index (χ2v) is 10.9. The number of carbonyl (C=O) groups excluding carboxylic acids is 2. The lowest BCUT2D eigenvalue weighted by Gasteiger charge is -2.23. The number of aromatic nitrogens is 2. The molecule has 1 saturated heterocycles. The van der Waals surface area contributed by atoms with Crippen molar-refractivity contribution in [3.05, 3.63) is 106 Å². The van der Waals surface area contributed by atoms with Crippen molar-refractivity contribution in [1.29, 1.82) is 0 Å². The zero-order valence-electron chi connectivity index (χ0n) is 20.2. The average molecular weight is 564 g/mol. The van der Waals surface area contributed by atoms with Crippen molar-refractivity contribution in [2.45, 2.75) is 23.1 Å². The van der Waals surface area contributed by atoms with Gasteiger partial charge in [0, 0.05) is 16.3 Å². The number of carbonyl (C=O) groups is 2. The number of benzene rings is 3. The van der Waals surface area contributed by atoms with Gasteiger partial charge in [-0.3, -0.25) is 14.5 Å². The van der Waals surface area contributed by atoms with E-state index in [0.717, 1.165) is 5.56 Å². The van der Waals surface area contributed by atoms with Gasteiger partial charge in [0.15, 0.2) is 4.34 Å². The number of nitrogens with zero attached hydrogens (tertiary/aromatic N) is 3. The fourth-order valence-electron chi connectivity index (χ4n) is 4.13. The summed E-state index contributed by atoms with van der Waals surface area (Å²) < 4.78 is 6.32. The van der Waals surface area contributed by atoms with Crippen molar-refractivity contribution >= 4 is 57.3 Å². The molecular formula is C28H22ClN3O4S2. The van der Waals surface area contributed by atoms with E-state index in [1.165, 1.54) is 28.0 Å². The minimum Gasteiger partial charge on any atom is -0.507 e. The topological polar surface area (TPSA) is 92.6 Å². The van der Waals surface area contributed by atoms with Crippen LogP contribution in [0.3, 0.4) is 0 Å². The van der Waals surface area contributed by atoms with Crippen LogP contribution in [-0.4, -0.2) is 33.6 Å². The predicted molar refractivity (Wildman–Crippen MR) is 150 cm³/mol. The molecule has 0 aliphatic carbocycles. The van der Waals surface area contributed by atoms with E-state index < -0.39 is 17.7 Å². The number of ketones is 1. The first-order chi connectivity index (χ1) is 18.5. The molecule has 0 radical (unpaired) electrons. The van der Waals surface area contributed by atoms with Gasteiger partial charge in [-0.2, -0.15) is 0 Å². The maximum atomic E-state index is 13.4. The SMILES string of the molecule is CCOc1cccc(C2/C(=C(\O)c3ccc(Cl)cc3)C(=O)C(=O)N2c2nnc(SCc3ccccc3)s2)c1. The summed E-state index contributed by atoms with van der Waals surface area (Å²) in [5.74, 6) is -0.623. The summed E-state index contributed by atoms with van der Waals surface area (Å²) in [6.07, 6.45) is 0. The maximum Gasteiger partial charge on any atom is 0.301 e. The first-order valence-corrected chi connectivity index (χ1v) is 13.9. The minimum atomic E-state index is -0.925. The maximum absolute atomic E-state index is 13.4. The number of rotatable bonds is 8. The highest BCUT2D eigenvalue weighted by Gasteiger charge is 2.48. The van der Waals surface area contributed by atoms with Gasteiger partial charge in [-0.15, -0.1) is 10.2 Å². The molecule has 10 heteroatoms. The highest BCUT2D eigenvalue weighted by atomic mass is 35.5. The van der Waals surface area contributed by atoms with Gasteiger partial charge >= 0.3 is 5.91 Å². The van der Waals surface area contributed by atoms with E-state index in [-0.39, 0.29) is 16.5 Å². The summed E-state index contributed by atoms with van der Waals surface area (Å²) >= 11 is 8.73. The van der Waals surface area contributed by atoms with Gasteiger partial charge in [-0.25, -0.2) is 0 Å². The minimum absolute atomic E-state index is 0.0420. The van der Waals surface area contributed by atoms with Crippen molar-refractivity contribution in [1.82, 2.24) is 10.2 Å². The molecule has 38 heavy (non-hydrogen) atoms. The largest absolute Gasteiger partial charge is 0.507 e. The number of hydrogen-bond donors (Lipinski definition) is 1. The molecule has 1 unspecified atom stereocenters. The summed E-state index contributed by atoms with van der Waals surface area (Å²) in [7, 11) is 0. The van der Waals surface area contributed by atoms with Crippen molar-refractivity contribution in [3.63, 3.8) is 0 Å². The first-order valence-electron chi connectivity index (χ1n) is 11.8. The van der Waals surface area contributed by atoms with Crippen LogP contribution in [0.25, 0.3) is 5.76 Å². The summed E-state index contributed by atoms with van der Waals surface area (Å²) in [6, 6.07) is 22.6. The second kappa shape index (κ2) is 11.4. The highest BCUT2D eigenvalue weighted by Crippen LogP contribution is 2.44. The monoisotopic (exact) mass is 563 g/mol. The normalized spacial score (nSPS) is 16.7. The number of aliphatic hydroxyl groups excluding tert-OH is 1. The number of aliphatic hydroxyl groups is 1. The van der Waals surface area contributed by atoms with E-state index in [1.54, 1.807) is 48.5 Å². The molecule has 2 heterocycles. The number of ether oxygens (including phenoxy) is 1. The summed E-state index contributed by atoms with van der Waals surface area (Å²) in [4.78, 5) is 28.1. The lowest BCUT2D eigenvalue weighted by atomic mass is 9.95. The molecule has 0 saturated carbocycles. The standard InChI is InChI=1S/C28H22ClN3O4S2/c1-2-36-21-10-6-9-19(15-21)23-22(24(33)18-11-13-20(29)14-12-18)25(34)26(35)32(23)27-30-31-28(38-27)37-16-17-7-4-3-5-8-17/h3-15,23,33H,2,16H2,1H3/b24-22+. The van der Waals surface area contributed by atoms with Crippen LogP contribution in [0.5, 0.6) is 5.75 Å². The van der Waals surface area contributed by atoms with Crippen LogP contribution in [-0.2, 0) is 15.3 Å². The van der Waals surface area contributed by atoms with Crippen LogP contribution in [0.2, 0.25) is 5.02 Å². The fraction of sp³-hybridized carbons (Fsp3) is 0.143. The highest BCUT2D eigenvalue weighted by molar-refractivity contribution is 8.00. The molecule has 192 valence electrons. The van der Waals surface area contributed by atoms with Crippen molar-refractivity contribution < 1.29 is 19.4 Å². The lowest BCUT2D eigenvalue weighted by Crippen LogP contribution is -2.29. The number of halogens is 1. The Labute approximate surface area is 232 Å².